The highest BCUT2D eigenvalue weighted by atomic mass is 31.2. The van der Waals surface area contributed by atoms with Crippen LogP contribution in [0, 0.1) is 17.8 Å². The van der Waals surface area contributed by atoms with Gasteiger partial charge in [-0.3, -0.25) is 32.5 Å². The van der Waals surface area contributed by atoms with Gasteiger partial charge in [0.15, 0.2) is 35.8 Å². The predicted octanol–water partition coefficient (Wildman–Crippen LogP) is 2.64. The lowest BCUT2D eigenvalue weighted by Gasteiger charge is -2.29. The maximum atomic E-state index is 15.8. The number of alkyl halides is 1. The second-order valence-electron chi connectivity index (χ2n) is 10.5. The van der Waals surface area contributed by atoms with E-state index in [1.165, 1.54) is 10.9 Å². The molecule has 0 saturated carbocycles. The first-order valence-electron chi connectivity index (χ1n) is 13.0. The van der Waals surface area contributed by atoms with E-state index in [1.807, 2.05) is 0 Å². The van der Waals surface area contributed by atoms with Crippen molar-refractivity contribution in [1.82, 2.24) is 9.55 Å². The first kappa shape index (κ1) is 30.3. The van der Waals surface area contributed by atoms with Crippen molar-refractivity contribution in [3.05, 3.63) is 12.0 Å². The third-order valence-corrected chi connectivity index (χ3v) is 7.89. The van der Waals surface area contributed by atoms with E-state index in [4.69, 9.17) is 33.5 Å². The maximum Gasteiger partial charge on any atom is 0.474 e. The SMILES string of the molecule is CC(C)OC(=O)CC1COP(=O)(OC[C@H]2O[C@@H](n3cnc4c3N=C(N)C(C)C4=O)[C@@H](F)[C@@H]2OC(=O)C(C)C)OC1. The largest absolute Gasteiger partial charge is 0.474 e. The zero-order chi connectivity index (χ0) is 29.4. The Hall–Kier alpha value is -2.71. The number of ketones is 1. The Morgan fingerprint density at radius 3 is 2.55 bits per heavy atom. The van der Waals surface area contributed by atoms with Gasteiger partial charge in [-0.2, -0.15) is 0 Å². The number of aromatic nitrogens is 2. The monoisotopic (exact) mass is 588 g/mol. The molecule has 0 radical (unpaired) electrons. The van der Waals surface area contributed by atoms with Crippen molar-refractivity contribution in [2.24, 2.45) is 28.5 Å². The lowest BCUT2D eigenvalue weighted by Crippen LogP contribution is -2.37. The zero-order valence-electron chi connectivity index (χ0n) is 22.9. The minimum absolute atomic E-state index is 0.00581. The number of hydrogen-bond donors (Lipinski definition) is 1. The quantitative estimate of drug-likeness (QED) is 0.330. The number of Topliss-reactive ketones (excluding diaryl/α,β-unsaturated/α-hetero) is 1. The Balaban J connectivity index is 1.46. The Bertz CT molecular complexity index is 1210. The summed E-state index contributed by atoms with van der Waals surface area (Å²) in [6.45, 7) is 7.48. The van der Waals surface area contributed by atoms with Gasteiger partial charge in [0, 0.05) is 5.92 Å². The van der Waals surface area contributed by atoms with Crippen molar-refractivity contribution in [2.45, 2.75) is 71.8 Å². The molecule has 5 atom stereocenters. The molecule has 2 saturated heterocycles. The van der Waals surface area contributed by atoms with Crippen molar-refractivity contribution in [3.8, 4) is 0 Å². The number of esters is 2. The number of ether oxygens (including phenoxy) is 3. The summed E-state index contributed by atoms with van der Waals surface area (Å²) in [7, 11) is -4.09. The third kappa shape index (κ3) is 6.44. The van der Waals surface area contributed by atoms with E-state index in [0.717, 1.165) is 0 Å². The van der Waals surface area contributed by atoms with E-state index in [1.54, 1.807) is 34.6 Å². The van der Waals surface area contributed by atoms with Gasteiger partial charge < -0.3 is 19.9 Å². The highest BCUT2D eigenvalue weighted by Crippen LogP contribution is 2.53. The molecule has 1 unspecified atom stereocenters. The number of imidazole rings is 1. The van der Waals surface area contributed by atoms with Crippen LogP contribution in [0.3, 0.4) is 0 Å². The molecule has 0 aromatic carbocycles. The number of aliphatic imine (C=N–C) groups is 1. The van der Waals surface area contributed by atoms with Crippen LogP contribution in [0.4, 0.5) is 10.2 Å². The molecule has 1 aromatic rings. The summed E-state index contributed by atoms with van der Waals surface area (Å²) in [4.78, 5) is 45.1. The van der Waals surface area contributed by atoms with Crippen LogP contribution in [0.15, 0.2) is 11.3 Å². The van der Waals surface area contributed by atoms with E-state index < -0.39 is 68.7 Å². The molecular weight excluding hydrogens is 554 g/mol. The van der Waals surface area contributed by atoms with Crippen molar-refractivity contribution in [3.63, 3.8) is 0 Å². The summed E-state index contributed by atoms with van der Waals surface area (Å²) in [5.74, 6) is -3.11. The van der Waals surface area contributed by atoms with Crippen LogP contribution in [0.25, 0.3) is 0 Å². The van der Waals surface area contributed by atoms with Crippen molar-refractivity contribution < 1.29 is 51.1 Å². The number of phosphoric acid groups is 1. The normalized spacial score (nSPS) is 32.2. The molecule has 0 bridgehead atoms. The molecule has 0 aliphatic carbocycles. The fourth-order valence-corrected chi connectivity index (χ4v) is 5.57. The number of amidine groups is 1. The van der Waals surface area contributed by atoms with Gasteiger partial charge in [0.1, 0.15) is 11.9 Å². The first-order valence-corrected chi connectivity index (χ1v) is 14.4. The molecule has 0 spiro atoms. The second kappa shape index (κ2) is 12.0. The molecule has 3 aliphatic rings. The van der Waals surface area contributed by atoms with Gasteiger partial charge >= 0.3 is 19.8 Å². The van der Waals surface area contributed by atoms with Gasteiger partial charge in [-0.1, -0.05) is 13.8 Å². The molecule has 4 heterocycles. The summed E-state index contributed by atoms with van der Waals surface area (Å²) in [6.07, 6.45) is -5.14. The summed E-state index contributed by atoms with van der Waals surface area (Å²) >= 11 is 0. The number of fused-ring (bicyclic) bond motifs is 1. The molecule has 1 aromatic heterocycles. The Morgan fingerprint density at radius 1 is 1.25 bits per heavy atom. The summed E-state index contributed by atoms with van der Waals surface area (Å²) in [5, 5.41) is 0. The first-order chi connectivity index (χ1) is 18.8. The average Bonchev–Trinajstić information content (AvgIpc) is 3.43. The van der Waals surface area contributed by atoms with Crippen LogP contribution in [-0.2, 0) is 41.9 Å². The minimum Gasteiger partial charge on any atom is -0.463 e. The number of hydrogen-bond acceptors (Lipinski definition) is 13. The molecule has 222 valence electrons. The molecule has 0 amide bonds. The zero-order valence-corrected chi connectivity index (χ0v) is 23.7. The van der Waals surface area contributed by atoms with Gasteiger partial charge in [0.25, 0.3) is 0 Å². The van der Waals surface area contributed by atoms with Crippen LogP contribution in [0.5, 0.6) is 0 Å². The predicted molar refractivity (Wildman–Crippen MR) is 135 cm³/mol. The van der Waals surface area contributed by atoms with Crippen LogP contribution in [-0.4, -0.2) is 77.4 Å². The number of carbonyl (C=O) groups is 3. The average molecular weight is 589 g/mol. The molecule has 16 heteroatoms. The summed E-state index contributed by atoms with van der Waals surface area (Å²) in [5.41, 5.74) is 5.89. The second-order valence-corrected chi connectivity index (χ2v) is 12.1. The van der Waals surface area contributed by atoms with E-state index in [9.17, 15) is 18.9 Å². The Morgan fingerprint density at radius 2 is 1.93 bits per heavy atom. The third-order valence-electron chi connectivity index (χ3n) is 6.49. The molecule has 2 fully saturated rings. The lowest BCUT2D eigenvalue weighted by molar-refractivity contribution is -0.159. The minimum atomic E-state index is -4.09. The summed E-state index contributed by atoms with van der Waals surface area (Å²) < 4.78 is 62.3. The number of rotatable bonds is 9. The topological polar surface area (TPSA) is 180 Å². The molecule has 4 rings (SSSR count). The van der Waals surface area contributed by atoms with Crippen LogP contribution in [0.2, 0.25) is 0 Å². The van der Waals surface area contributed by atoms with Gasteiger partial charge in [0.2, 0.25) is 0 Å². The van der Waals surface area contributed by atoms with Crippen LogP contribution in [0.1, 0.15) is 57.8 Å². The van der Waals surface area contributed by atoms with Gasteiger partial charge in [0.05, 0.1) is 50.5 Å². The Kier molecular flexibility index (Phi) is 9.10. The highest BCUT2D eigenvalue weighted by molar-refractivity contribution is 7.48. The van der Waals surface area contributed by atoms with Crippen LogP contribution < -0.4 is 5.73 Å². The standard InChI is InChI=1S/C24H34FN4O10P/c1-11(2)24(32)39-20-15(9-36-40(33)34-7-14(8-35-40)6-16(30)37-12(3)4)38-23(17(20)25)29-10-27-18-19(31)13(5)21(26)28-22(18)29/h10-15,17,20,23H,6-9H2,1-5H3,(H2,26,28)/t13?,14?,15-,17+,20-,23-,40?/m1/s1. The van der Waals surface area contributed by atoms with Gasteiger partial charge in [-0.25, -0.2) is 18.9 Å². The molecule has 40 heavy (non-hydrogen) atoms. The van der Waals surface area contributed by atoms with Gasteiger partial charge in [-0.15, -0.1) is 0 Å². The molecule has 3 aliphatic heterocycles. The number of carbonyl (C=O) groups excluding carboxylic acids is 3. The molecular formula is C24H34FN4O10P. The maximum absolute atomic E-state index is 15.8. The van der Waals surface area contributed by atoms with E-state index in [-0.39, 0.29) is 48.9 Å². The van der Waals surface area contributed by atoms with E-state index in [0.29, 0.717) is 0 Å². The fraction of sp³-hybridized carbons (Fsp3) is 0.708. The number of nitrogens with two attached hydrogens (primary N) is 1. The Labute approximate surface area is 230 Å². The fourth-order valence-electron chi connectivity index (χ4n) is 4.23. The van der Waals surface area contributed by atoms with E-state index in [2.05, 4.69) is 9.98 Å². The highest BCUT2D eigenvalue weighted by Gasteiger charge is 2.51. The van der Waals surface area contributed by atoms with Crippen LogP contribution >= 0.6 is 7.82 Å². The van der Waals surface area contributed by atoms with Crippen molar-refractivity contribution in [1.29, 1.82) is 0 Å². The van der Waals surface area contributed by atoms with Gasteiger partial charge in [-0.05, 0) is 20.8 Å². The number of phosphoric ester groups is 1. The van der Waals surface area contributed by atoms with Crippen molar-refractivity contribution >= 4 is 37.2 Å². The molecule has 14 nitrogen and oxygen atoms in total. The number of nitrogens with zero attached hydrogens (tertiary/aromatic N) is 3. The number of halogens is 1. The molecule has 2 N–H and O–H groups in total. The van der Waals surface area contributed by atoms with Crippen molar-refractivity contribution in [2.75, 3.05) is 19.8 Å². The summed E-state index contributed by atoms with van der Waals surface area (Å²) in [6, 6.07) is 0. The smallest absolute Gasteiger partial charge is 0.463 e. The lowest BCUT2D eigenvalue weighted by atomic mass is 10.0. The van der Waals surface area contributed by atoms with E-state index >= 15 is 4.39 Å².